The van der Waals surface area contributed by atoms with Crippen molar-refractivity contribution in [2.75, 3.05) is 13.2 Å². The van der Waals surface area contributed by atoms with E-state index in [2.05, 4.69) is 42.7 Å². The van der Waals surface area contributed by atoms with Gasteiger partial charge in [-0.15, -0.1) is 0 Å². The van der Waals surface area contributed by atoms with Crippen molar-refractivity contribution in [1.29, 1.82) is 0 Å². The van der Waals surface area contributed by atoms with Gasteiger partial charge in [0.1, 0.15) is 6.61 Å². The van der Waals surface area contributed by atoms with Crippen LogP contribution in [0.5, 0.6) is 0 Å². The Labute approximate surface area is 339 Å². The van der Waals surface area contributed by atoms with Gasteiger partial charge in [-0.3, -0.25) is 14.1 Å². The van der Waals surface area contributed by atoms with E-state index in [1.165, 1.54) is 161 Å². The quantitative estimate of drug-likeness (QED) is 0.0271. The predicted molar refractivity (Wildman–Crippen MR) is 230 cm³/mol. The van der Waals surface area contributed by atoms with Crippen molar-refractivity contribution in [3.63, 3.8) is 0 Å². The molecule has 0 spiro atoms. The minimum absolute atomic E-state index is 0.172. The van der Waals surface area contributed by atoms with E-state index in [1.54, 1.807) is 0 Å². The molecular formula is C46H87O8P. The highest BCUT2D eigenvalue weighted by molar-refractivity contribution is 7.46. The summed E-state index contributed by atoms with van der Waals surface area (Å²) in [6.07, 6.45) is 49.2. The molecule has 2 N–H and O–H groups in total. The van der Waals surface area contributed by atoms with E-state index in [4.69, 9.17) is 19.3 Å². The van der Waals surface area contributed by atoms with Gasteiger partial charge in [-0.25, -0.2) is 4.57 Å². The minimum atomic E-state index is -4.76. The van der Waals surface area contributed by atoms with Gasteiger partial charge in [-0.05, 0) is 44.9 Å². The number of carbonyl (C=O) groups excluding carboxylic acids is 2. The summed E-state index contributed by atoms with van der Waals surface area (Å²) < 4.78 is 26.4. The van der Waals surface area contributed by atoms with Crippen LogP contribution in [0.3, 0.4) is 0 Å². The molecule has 0 rings (SSSR count). The molecule has 0 saturated heterocycles. The Morgan fingerprint density at radius 3 is 1.24 bits per heavy atom. The maximum Gasteiger partial charge on any atom is 0.469 e. The summed E-state index contributed by atoms with van der Waals surface area (Å²) in [6, 6.07) is 0. The van der Waals surface area contributed by atoms with Gasteiger partial charge >= 0.3 is 19.8 Å². The Kier molecular flexibility index (Phi) is 41.0. The fourth-order valence-electron chi connectivity index (χ4n) is 6.76. The summed E-state index contributed by atoms with van der Waals surface area (Å²) in [5.74, 6) is -0.911. The van der Waals surface area contributed by atoms with Crippen molar-refractivity contribution >= 4 is 19.8 Å². The van der Waals surface area contributed by atoms with E-state index >= 15 is 0 Å². The molecule has 0 amide bonds. The first-order chi connectivity index (χ1) is 26.8. The largest absolute Gasteiger partial charge is 0.469 e. The third kappa shape index (κ3) is 45.1. The Morgan fingerprint density at radius 1 is 0.473 bits per heavy atom. The zero-order valence-electron chi connectivity index (χ0n) is 35.8. The Bertz CT molecular complexity index is 946. The zero-order valence-corrected chi connectivity index (χ0v) is 36.7. The molecule has 0 aromatic rings. The van der Waals surface area contributed by atoms with Crippen molar-refractivity contribution in [2.45, 2.75) is 245 Å². The third-order valence-electron chi connectivity index (χ3n) is 10.2. The van der Waals surface area contributed by atoms with E-state index in [-0.39, 0.29) is 19.4 Å². The fraction of sp³-hybridized carbons (Fsp3) is 0.870. The Hall–Kier alpha value is -1.47. The first kappa shape index (κ1) is 53.5. The molecular weight excluding hydrogens is 711 g/mol. The van der Waals surface area contributed by atoms with Crippen molar-refractivity contribution in [1.82, 2.24) is 0 Å². The van der Waals surface area contributed by atoms with E-state index in [0.717, 1.165) is 44.9 Å². The molecule has 0 aliphatic heterocycles. The number of allylic oxidation sites excluding steroid dienone is 4. The predicted octanol–water partition coefficient (Wildman–Crippen LogP) is 14.4. The second kappa shape index (κ2) is 42.1. The van der Waals surface area contributed by atoms with Crippen LogP contribution in [0, 0.1) is 0 Å². The lowest BCUT2D eigenvalue weighted by atomic mass is 10.0. The van der Waals surface area contributed by atoms with E-state index in [1.807, 2.05) is 0 Å². The van der Waals surface area contributed by atoms with Crippen LogP contribution in [-0.4, -0.2) is 41.0 Å². The lowest BCUT2D eigenvalue weighted by Gasteiger charge is -2.18. The highest BCUT2D eigenvalue weighted by Crippen LogP contribution is 2.36. The highest BCUT2D eigenvalue weighted by Gasteiger charge is 2.22. The van der Waals surface area contributed by atoms with Gasteiger partial charge in [0.2, 0.25) is 0 Å². The van der Waals surface area contributed by atoms with E-state index < -0.39 is 32.5 Å². The van der Waals surface area contributed by atoms with Gasteiger partial charge in [0.05, 0.1) is 6.61 Å². The molecule has 0 aromatic heterocycles. The van der Waals surface area contributed by atoms with Gasteiger partial charge < -0.3 is 19.3 Å². The van der Waals surface area contributed by atoms with Crippen LogP contribution in [-0.2, 0) is 28.2 Å². The summed E-state index contributed by atoms with van der Waals surface area (Å²) in [5, 5.41) is 0. The molecule has 0 saturated carbocycles. The fourth-order valence-corrected chi connectivity index (χ4v) is 7.12. The van der Waals surface area contributed by atoms with Crippen LogP contribution in [0.1, 0.15) is 239 Å². The monoisotopic (exact) mass is 799 g/mol. The lowest BCUT2D eigenvalue weighted by molar-refractivity contribution is -0.161. The van der Waals surface area contributed by atoms with Gasteiger partial charge in [0, 0.05) is 12.8 Å². The number of phosphoric ester groups is 1. The number of unbranched alkanes of at least 4 members (excludes halogenated alkanes) is 29. The smallest absolute Gasteiger partial charge is 0.462 e. The number of esters is 2. The maximum absolute atomic E-state index is 12.4. The topological polar surface area (TPSA) is 119 Å². The van der Waals surface area contributed by atoms with Crippen LogP contribution in [0.2, 0.25) is 0 Å². The summed E-state index contributed by atoms with van der Waals surface area (Å²) in [5.41, 5.74) is 0. The van der Waals surface area contributed by atoms with Crippen LogP contribution in [0.15, 0.2) is 24.3 Å². The van der Waals surface area contributed by atoms with Crippen LogP contribution < -0.4 is 0 Å². The van der Waals surface area contributed by atoms with Crippen LogP contribution in [0.4, 0.5) is 0 Å². The molecule has 0 aromatic carbocycles. The van der Waals surface area contributed by atoms with Crippen molar-refractivity contribution < 1.29 is 37.9 Å². The van der Waals surface area contributed by atoms with Crippen molar-refractivity contribution in [3.05, 3.63) is 24.3 Å². The second-order valence-electron chi connectivity index (χ2n) is 15.7. The summed E-state index contributed by atoms with van der Waals surface area (Å²) in [7, 11) is -4.76. The van der Waals surface area contributed by atoms with Crippen molar-refractivity contribution in [2.24, 2.45) is 0 Å². The number of rotatable bonds is 43. The molecule has 0 unspecified atom stereocenters. The van der Waals surface area contributed by atoms with Gasteiger partial charge in [-0.1, -0.05) is 205 Å². The standard InChI is InChI=1S/C46H87O8P/c1-3-5-7-9-11-13-15-17-19-20-21-22-23-24-25-27-28-30-32-34-36-38-40-45(47)52-42-44(43-53-55(49,50)51)54-46(48)41-39-37-35-33-31-29-26-18-16-14-12-10-8-6-4-2/h18,26,31,33,44H,3-17,19-25,27-30,32,34-43H2,1-2H3,(H2,49,50,51)/b26-18+,33-31+/t44-/m1/s1. The Balaban J connectivity index is 3.84. The first-order valence-corrected chi connectivity index (χ1v) is 24.7. The number of carbonyl (C=O) groups is 2. The SMILES string of the molecule is CCCCCCCC/C=C/C/C=C/CCCCC(=O)O[C@H](COC(=O)CCCCCCCCCCCCCCCCCCCCCCCC)COP(=O)(O)O. The normalized spacial score (nSPS) is 12.6. The number of hydrogen-bond acceptors (Lipinski definition) is 6. The molecule has 0 heterocycles. The van der Waals surface area contributed by atoms with Crippen LogP contribution in [0.25, 0.3) is 0 Å². The summed E-state index contributed by atoms with van der Waals surface area (Å²) in [4.78, 5) is 42.9. The van der Waals surface area contributed by atoms with E-state index in [9.17, 15) is 14.2 Å². The average molecular weight is 799 g/mol. The van der Waals surface area contributed by atoms with Gasteiger partial charge in [0.25, 0.3) is 0 Å². The minimum Gasteiger partial charge on any atom is -0.462 e. The van der Waals surface area contributed by atoms with Crippen molar-refractivity contribution in [3.8, 4) is 0 Å². The molecule has 0 aliphatic rings. The third-order valence-corrected chi connectivity index (χ3v) is 10.7. The first-order valence-electron chi connectivity index (χ1n) is 23.1. The number of ether oxygens (including phenoxy) is 2. The molecule has 324 valence electrons. The second-order valence-corrected chi connectivity index (χ2v) is 17.0. The molecule has 0 bridgehead atoms. The Morgan fingerprint density at radius 2 is 0.818 bits per heavy atom. The average Bonchev–Trinajstić information content (AvgIpc) is 3.16. The molecule has 9 heteroatoms. The molecule has 0 aliphatic carbocycles. The van der Waals surface area contributed by atoms with Gasteiger partial charge in [0.15, 0.2) is 6.10 Å². The lowest BCUT2D eigenvalue weighted by Crippen LogP contribution is -2.29. The number of phosphoric acid groups is 1. The zero-order chi connectivity index (χ0) is 40.3. The van der Waals surface area contributed by atoms with E-state index in [0.29, 0.717) is 6.42 Å². The molecule has 0 fully saturated rings. The molecule has 1 atom stereocenters. The van der Waals surface area contributed by atoms with Gasteiger partial charge in [-0.2, -0.15) is 0 Å². The summed E-state index contributed by atoms with van der Waals surface area (Å²) in [6.45, 7) is 3.68. The molecule has 8 nitrogen and oxygen atoms in total. The maximum atomic E-state index is 12.4. The number of hydrogen-bond donors (Lipinski definition) is 2. The molecule has 55 heavy (non-hydrogen) atoms. The highest BCUT2D eigenvalue weighted by atomic mass is 31.2. The summed E-state index contributed by atoms with van der Waals surface area (Å²) >= 11 is 0. The molecule has 0 radical (unpaired) electrons. The van der Waals surface area contributed by atoms with Crippen LogP contribution >= 0.6 is 7.82 Å².